The number of ether oxygens (including phenoxy) is 1. The lowest BCUT2D eigenvalue weighted by atomic mass is 10.2. The van der Waals surface area contributed by atoms with E-state index in [1.54, 1.807) is 6.92 Å². The molecule has 0 aliphatic rings. The van der Waals surface area contributed by atoms with Crippen LogP contribution < -0.4 is 10.1 Å². The van der Waals surface area contributed by atoms with Crippen molar-refractivity contribution in [3.05, 3.63) is 29.8 Å². The van der Waals surface area contributed by atoms with Crippen molar-refractivity contribution in [3.8, 4) is 5.75 Å². The van der Waals surface area contributed by atoms with Gasteiger partial charge in [-0.15, -0.1) is 0 Å². The Morgan fingerprint density at radius 3 is 2.54 bits per heavy atom. The summed E-state index contributed by atoms with van der Waals surface area (Å²) in [6, 6.07) is 3.71. The molecule has 1 unspecified atom stereocenters. The van der Waals surface area contributed by atoms with Crippen LogP contribution in [0.3, 0.4) is 0 Å². The molecule has 0 heterocycles. The predicted molar refractivity (Wildman–Crippen MR) is 79.8 cm³/mol. The summed E-state index contributed by atoms with van der Waals surface area (Å²) < 4.78 is 43.7. The van der Waals surface area contributed by atoms with Gasteiger partial charge < -0.3 is 20.1 Å². The molecule has 0 aliphatic carbocycles. The van der Waals surface area contributed by atoms with E-state index in [0.717, 1.165) is 6.07 Å². The molecule has 0 saturated heterocycles. The van der Waals surface area contributed by atoms with Crippen LogP contribution in [0.25, 0.3) is 0 Å². The van der Waals surface area contributed by atoms with Crippen molar-refractivity contribution < 1.29 is 32.6 Å². The normalized spacial score (nSPS) is 12.4. The molecule has 1 aromatic rings. The fourth-order valence-corrected chi connectivity index (χ4v) is 1.77. The molecular formula is C15H19F3N2O4. The van der Waals surface area contributed by atoms with Gasteiger partial charge in [0.15, 0.2) is 0 Å². The summed E-state index contributed by atoms with van der Waals surface area (Å²) in [6.07, 6.45) is -4.73. The smallest absolute Gasteiger partial charge is 0.419 e. The number of para-hydroxylation sites is 1. The largest absolute Gasteiger partial charge is 0.491 e. The molecule has 0 bridgehead atoms. The van der Waals surface area contributed by atoms with Crippen LogP contribution in [-0.2, 0) is 11.0 Å². The highest BCUT2D eigenvalue weighted by Gasteiger charge is 2.34. The lowest BCUT2D eigenvalue weighted by Gasteiger charge is -2.21. The van der Waals surface area contributed by atoms with E-state index in [1.165, 1.54) is 30.1 Å². The minimum Gasteiger partial charge on any atom is -0.491 e. The third-order valence-corrected chi connectivity index (χ3v) is 3.06. The van der Waals surface area contributed by atoms with E-state index in [0.29, 0.717) is 0 Å². The Bertz CT molecular complexity index is 578. The monoisotopic (exact) mass is 348 g/mol. The molecule has 9 heteroatoms. The summed E-state index contributed by atoms with van der Waals surface area (Å²) >= 11 is 0. The Labute approximate surface area is 137 Å². The molecule has 24 heavy (non-hydrogen) atoms. The number of alkyl halides is 3. The number of benzene rings is 1. The highest BCUT2D eigenvalue weighted by Crippen LogP contribution is 2.35. The summed E-state index contributed by atoms with van der Waals surface area (Å²) in [5, 5.41) is 11.1. The van der Waals surface area contributed by atoms with Gasteiger partial charge >= 0.3 is 18.2 Å². The summed E-state index contributed by atoms with van der Waals surface area (Å²) in [7, 11) is 1.42. The third kappa shape index (κ3) is 6.35. The van der Waals surface area contributed by atoms with Gasteiger partial charge in [-0.3, -0.25) is 4.79 Å². The second-order valence-corrected chi connectivity index (χ2v) is 5.22. The topological polar surface area (TPSA) is 78.9 Å². The number of carbonyl (C=O) groups excluding carboxylic acids is 1. The number of rotatable bonds is 7. The Morgan fingerprint density at radius 1 is 1.33 bits per heavy atom. The maximum absolute atomic E-state index is 12.8. The van der Waals surface area contributed by atoms with Crippen molar-refractivity contribution >= 4 is 12.0 Å². The Kier molecular flexibility index (Phi) is 6.87. The van der Waals surface area contributed by atoms with Crippen molar-refractivity contribution in [1.82, 2.24) is 10.2 Å². The van der Waals surface area contributed by atoms with E-state index >= 15 is 0 Å². The van der Waals surface area contributed by atoms with Crippen LogP contribution in [0.2, 0.25) is 0 Å². The molecule has 1 aromatic carbocycles. The van der Waals surface area contributed by atoms with Crippen LogP contribution in [0.5, 0.6) is 5.75 Å². The lowest BCUT2D eigenvalue weighted by molar-refractivity contribution is -0.139. The number of amides is 2. The van der Waals surface area contributed by atoms with Crippen LogP contribution >= 0.6 is 0 Å². The van der Waals surface area contributed by atoms with Crippen molar-refractivity contribution in [3.63, 3.8) is 0 Å². The van der Waals surface area contributed by atoms with Crippen LogP contribution in [0.1, 0.15) is 18.9 Å². The predicted octanol–water partition coefficient (Wildman–Crippen LogP) is 2.59. The van der Waals surface area contributed by atoms with Gasteiger partial charge in [-0.2, -0.15) is 13.2 Å². The van der Waals surface area contributed by atoms with Gasteiger partial charge in [0.2, 0.25) is 0 Å². The van der Waals surface area contributed by atoms with Gasteiger partial charge in [0.25, 0.3) is 0 Å². The zero-order valence-corrected chi connectivity index (χ0v) is 13.3. The van der Waals surface area contributed by atoms with Gasteiger partial charge in [-0.25, -0.2) is 4.79 Å². The zero-order valence-electron chi connectivity index (χ0n) is 13.3. The molecule has 134 valence electrons. The van der Waals surface area contributed by atoms with Crippen molar-refractivity contribution in [2.24, 2.45) is 0 Å². The van der Waals surface area contributed by atoms with E-state index in [2.05, 4.69) is 5.32 Å². The second-order valence-electron chi connectivity index (χ2n) is 5.22. The molecule has 2 amide bonds. The molecule has 1 atom stereocenters. The summed E-state index contributed by atoms with van der Waals surface area (Å²) in [5.41, 5.74) is -0.887. The number of carboxylic acids is 1. The molecule has 6 nitrogen and oxygen atoms in total. The van der Waals surface area contributed by atoms with E-state index in [1.807, 2.05) is 0 Å². The second kappa shape index (κ2) is 8.42. The van der Waals surface area contributed by atoms with Gasteiger partial charge in [0.1, 0.15) is 12.4 Å². The summed E-state index contributed by atoms with van der Waals surface area (Å²) in [6.45, 7) is 1.43. The number of carbonyl (C=O) groups is 2. The number of urea groups is 1. The molecule has 0 spiro atoms. The Balaban J connectivity index is 2.54. The first-order valence-corrected chi connectivity index (χ1v) is 7.13. The van der Waals surface area contributed by atoms with Crippen LogP contribution in [0.4, 0.5) is 18.0 Å². The van der Waals surface area contributed by atoms with E-state index < -0.39 is 29.8 Å². The third-order valence-electron chi connectivity index (χ3n) is 3.06. The number of nitrogens with zero attached hydrogens (tertiary/aromatic N) is 1. The first kappa shape index (κ1) is 19.6. The molecule has 2 N–H and O–H groups in total. The molecular weight excluding hydrogens is 329 g/mol. The quantitative estimate of drug-likeness (QED) is 0.794. The summed E-state index contributed by atoms with van der Waals surface area (Å²) in [4.78, 5) is 23.4. The minimum atomic E-state index is -4.53. The van der Waals surface area contributed by atoms with E-state index in [9.17, 15) is 22.8 Å². The van der Waals surface area contributed by atoms with Crippen LogP contribution in [-0.4, -0.2) is 48.2 Å². The van der Waals surface area contributed by atoms with Crippen LogP contribution in [0, 0.1) is 0 Å². The first-order chi connectivity index (χ1) is 11.1. The molecule has 0 aliphatic heterocycles. The summed E-state index contributed by atoms with van der Waals surface area (Å²) in [5.74, 6) is -1.35. The van der Waals surface area contributed by atoms with Crippen molar-refractivity contribution in [2.75, 3.05) is 20.2 Å². The number of hydrogen-bond acceptors (Lipinski definition) is 3. The average Bonchev–Trinajstić information content (AvgIpc) is 2.49. The molecule has 0 fully saturated rings. The van der Waals surface area contributed by atoms with E-state index in [4.69, 9.17) is 9.84 Å². The molecule has 0 aromatic heterocycles. The number of nitrogens with one attached hydrogen (secondary N) is 1. The van der Waals surface area contributed by atoms with Crippen molar-refractivity contribution in [1.29, 1.82) is 0 Å². The number of aliphatic carboxylic acids is 1. The number of carboxylic acid groups (broad SMARTS) is 1. The van der Waals surface area contributed by atoms with Gasteiger partial charge in [0.05, 0.1) is 18.0 Å². The Hall–Kier alpha value is -2.45. The Morgan fingerprint density at radius 2 is 1.96 bits per heavy atom. The van der Waals surface area contributed by atoms with Crippen LogP contribution in [0.15, 0.2) is 24.3 Å². The fraction of sp³-hybridized carbons (Fsp3) is 0.467. The number of halogens is 3. The SMILES string of the molecule is CC(COc1ccccc1C(F)(F)F)NC(=O)N(C)CCC(=O)O. The fourth-order valence-electron chi connectivity index (χ4n) is 1.77. The minimum absolute atomic E-state index is 0.0195. The molecule has 0 radical (unpaired) electrons. The molecule has 0 saturated carbocycles. The average molecular weight is 348 g/mol. The van der Waals surface area contributed by atoms with E-state index in [-0.39, 0.29) is 25.3 Å². The van der Waals surface area contributed by atoms with Gasteiger partial charge in [-0.1, -0.05) is 12.1 Å². The lowest BCUT2D eigenvalue weighted by Crippen LogP contribution is -2.44. The maximum atomic E-state index is 12.8. The van der Waals surface area contributed by atoms with Gasteiger partial charge in [0, 0.05) is 13.6 Å². The standard InChI is InChI=1S/C15H19F3N2O4/c1-10(19-14(23)20(2)8-7-13(21)22)9-24-12-6-4-3-5-11(12)15(16,17)18/h3-6,10H,7-9H2,1-2H3,(H,19,23)(H,21,22). The molecule has 1 rings (SSSR count). The van der Waals surface area contributed by atoms with Gasteiger partial charge in [-0.05, 0) is 19.1 Å². The zero-order chi connectivity index (χ0) is 18.3. The highest BCUT2D eigenvalue weighted by molar-refractivity contribution is 5.75. The maximum Gasteiger partial charge on any atom is 0.419 e. The first-order valence-electron chi connectivity index (χ1n) is 7.13. The van der Waals surface area contributed by atoms with Crippen molar-refractivity contribution in [2.45, 2.75) is 25.6 Å². The highest BCUT2D eigenvalue weighted by atomic mass is 19.4. The number of hydrogen-bond donors (Lipinski definition) is 2.